The van der Waals surface area contributed by atoms with E-state index in [0.29, 0.717) is 5.92 Å². The van der Waals surface area contributed by atoms with Gasteiger partial charge in [0.2, 0.25) is 0 Å². The molecule has 22 heavy (non-hydrogen) atoms. The van der Waals surface area contributed by atoms with Crippen LogP contribution < -0.4 is 10.6 Å². The molecule has 2 aromatic rings. The lowest BCUT2D eigenvalue weighted by Gasteiger charge is -2.37. The van der Waals surface area contributed by atoms with E-state index in [0.717, 1.165) is 32.4 Å². The Labute approximate surface area is 135 Å². The molecule has 4 heteroatoms. The highest BCUT2D eigenvalue weighted by molar-refractivity contribution is 7.92. The zero-order chi connectivity index (χ0) is 16.0. The van der Waals surface area contributed by atoms with Crippen LogP contribution in [-0.4, -0.2) is 10.6 Å². The van der Waals surface area contributed by atoms with Crippen molar-refractivity contribution in [1.82, 2.24) is 0 Å². The molecule has 2 aromatic carbocycles. The lowest BCUT2D eigenvalue weighted by Crippen LogP contribution is -2.32. The van der Waals surface area contributed by atoms with Crippen molar-refractivity contribution < 1.29 is 4.55 Å². The van der Waals surface area contributed by atoms with E-state index in [9.17, 15) is 4.55 Å². The maximum Gasteiger partial charge on any atom is 0.184 e. The van der Waals surface area contributed by atoms with Gasteiger partial charge in [-0.05, 0) is 43.5 Å². The summed E-state index contributed by atoms with van der Waals surface area (Å²) in [5.74, 6) is 0.338. The quantitative estimate of drug-likeness (QED) is 0.659. The molecule has 0 fully saturated rings. The molecule has 1 unspecified atom stereocenters. The number of fused-ring (bicyclic) bond motifs is 2. The van der Waals surface area contributed by atoms with E-state index in [4.69, 9.17) is 5.73 Å². The van der Waals surface area contributed by atoms with Crippen LogP contribution in [0.25, 0.3) is 0 Å². The minimum absolute atomic E-state index is 0.238. The molecule has 0 amide bonds. The molecular weight excluding hydrogens is 292 g/mol. The Balaban J connectivity index is 2.31. The van der Waals surface area contributed by atoms with Crippen LogP contribution >= 0.6 is 0 Å². The van der Waals surface area contributed by atoms with E-state index in [2.05, 4.69) is 32.6 Å². The Bertz CT molecular complexity index is 712. The molecule has 0 bridgehead atoms. The van der Waals surface area contributed by atoms with Crippen LogP contribution in [0.4, 0.5) is 17.1 Å². The monoisotopic (exact) mass is 314 g/mol. The van der Waals surface area contributed by atoms with Crippen LogP contribution in [-0.2, 0) is 11.2 Å². The lowest BCUT2D eigenvalue weighted by atomic mass is 9.99. The van der Waals surface area contributed by atoms with Gasteiger partial charge in [0, 0.05) is 17.2 Å². The normalized spacial score (nSPS) is 16.9. The zero-order valence-corrected chi connectivity index (χ0v) is 14.3. The standard InChI is InChI=1S/C18H22N2OS/c1-11(2)13-9-10-16-18(17(13)19)20(12(3)4)14-7-5-6-8-15(14)22(16)21/h5-12H,19H2,1-4H3. The van der Waals surface area contributed by atoms with E-state index in [1.165, 1.54) is 0 Å². The van der Waals surface area contributed by atoms with Crippen molar-refractivity contribution in [3.05, 3.63) is 42.0 Å². The lowest BCUT2D eigenvalue weighted by molar-refractivity contribution is 0.591. The Hall–Kier alpha value is -1.65. The summed E-state index contributed by atoms with van der Waals surface area (Å²) in [6, 6.07) is 12.1. The molecule has 0 aromatic heterocycles. The van der Waals surface area contributed by atoms with Gasteiger partial charge in [-0.1, -0.05) is 32.0 Å². The topological polar surface area (TPSA) is 52.3 Å². The van der Waals surface area contributed by atoms with Gasteiger partial charge in [-0.15, -0.1) is 0 Å². The highest BCUT2D eigenvalue weighted by atomic mass is 32.2. The molecule has 0 spiro atoms. The summed E-state index contributed by atoms with van der Waals surface area (Å²) in [6.45, 7) is 8.53. The molecule has 116 valence electrons. The molecule has 1 aliphatic heterocycles. The van der Waals surface area contributed by atoms with Crippen LogP contribution in [0.1, 0.15) is 39.2 Å². The summed E-state index contributed by atoms with van der Waals surface area (Å²) in [7, 11) is 0. The predicted octanol–water partition coefficient (Wildman–Crippen LogP) is 4.42. The highest BCUT2D eigenvalue weighted by Gasteiger charge is 2.37. The van der Waals surface area contributed by atoms with Crippen molar-refractivity contribution in [1.29, 1.82) is 0 Å². The zero-order valence-electron chi connectivity index (χ0n) is 13.5. The first-order valence-electron chi connectivity index (χ1n) is 7.66. The maximum absolute atomic E-state index is 12.9. The Morgan fingerprint density at radius 3 is 2.32 bits per heavy atom. The van der Waals surface area contributed by atoms with Gasteiger partial charge in [-0.25, -0.2) is 0 Å². The molecule has 0 radical (unpaired) electrons. The minimum atomic E-state index is -1.18. The smallest absolute Gasteiger partial charge is 0.184 e. The van der Waals surface area contributed by atoms with E-state index >= 15 is 0 Å². The van der Waals surface area contributed by atoms with Crippen LogP contribution in [0.5, 0.6) is 0 Å². The van der Waals surface area contributed by atoms with Crippen molar-refractivity contribution in [2.75, 3.05) is 10.6 Å². The third-order valence-corrected chi connectivity index (χ3v) is 5.59. The SMILES string of the molecule is CC(C)c1ccc2c(c1N)N(C(C)C)c1ccccc1[S+]2[O-]. The van der Waals surface area contributed by atoms with Gasteiger partial charge in [-0.3, -0.25) is 0 Å². The predicted molar refractivity (Wildman–Crippen MR) is 93.3 cm³/mol. The molecular formula is C18H22N2OS. The first-order chi connectivity index (χ1) is 10.4. The van der Waals surface area contributed by atoms with E-state index in [1.807, 2.05) is 36.4 Å². The van der Waals surface area contributed by atoms with Crippen molar-refractivity contribution in [2.24, 2.45) is 0 Å². The van der Waals surface area contributed by atoms with Gasteiger partial charge in [0.25, 0.3) is 0 Å². The highest BCUT2D eigenvalue weighted by Crippen LogP contribution is 2.49. The molecule has 1 aliphatic rings. The molecule has 3 nitrogen and oxygen atoms in total. The molecule has 1 heterocycles. The van der Waals surface area contributed by atoms with E-state index < -0.39 is 11.2 Å². The Morgan fingerprint density at radius 2 is 1.68 bits per heavy atom. The molecule has 2 N–H and O–H groups in total. The van der Waals surface area contributed by atoms with Crippen LogP contribution in [0, 0.1) is 0 Å². The number of nitrogens with zero attached hydrogens (tertiary/aromatic N) is 1. The average Bonchev–Trinajstić information content (AvgIpc) is 2.48. The van der Waals surface area contributed by atoms with Crippen LogP contribution in [0.3, 0.4) is 0 Å². The number of anilines is 3. The van der Waals surface area contributed by atoms with Crippen molar-refractivity contribution >= 4 is 28.2 Å². The molecule has 0 saturated carbocycles. The minimum Gasteiger partial charge on any atom is -0.606 e. The Morgan fingerprint density at radius 1 is 1.00 bits per heavy atom. The summed E-state index contributed by atoms with van der Waals surface area (Å²) in [5.41, 5.74) is 10.3. The van der Waals surface area contributed by atoms with Crippen LogP contribution in [0.15, 0.2) is 46.2 Å². The number of para-hydroxylation sites is 1. The van der Waals surface area contributed by atoms with Crippen molar-refractivity contribution in [3.8, 4) is 0 Å². The number of rotatable bonds is 2. The number of benzene rings is 2. The fraction of sp³-hybridized carbons (Fsp3) is 0.333. The second-order valence-corrected chi connectivity index (χ2v) is 7.69. The van der Waals surface area contributed by atoms with Gasteiger partial charge in [0.1, 0.15) is 5.69 Å². The Kier molecular flexibility index (Phi) is 3.83. The van der Waals surface area contributed by atoms with Gasteiger partial charge in [0.05, 0.1) is 11.4 Å². The van der Waals surface area contributed by atoms with E-state index in [-0.39, 0.29) is 6.04 Å². The molecule has 3 rings (SSSR count). The largest absolute Gasteiger partial charge is 0.606 e. The van der Waals surface area contributed by atoms with Crippen LogP contribution in [0.2, 0.25) is 0 Å². The third kappa shape index (κ3) is 2.18. The second-order valence-electron chi connectivity index (χ2n) is 6.27. The molecule has 0 aliphatic carbocycles. The summed E-state index contributed by atoms with van der Waals surface area (Å²) in [5, 5.41) is 0. The fourth-order valence-electron chi connectivity index (χ4n) is 3.09. The molecule has 0 saturated heterocycles. The van der Waals surface area contributed by atoms with Crippen molar-refractivity contribution in [3.63, 3.8) is 0 Å². The number of hydrogen-bond donors (Lipinski definition) is 1. The summed E-state index contributed by atoms with van der Waals surface area (Å²) in [4.78, 5) is 3.89. The first kappa shape index (κ1) is 15.3. The van der Waals surface area contributed by atoms with Gasteiger partial charge < -0.3 is 15.2 Å². The average molecular weight is 314 g/mol. The number of nitrogen functional groups attached to an aromatic ring is 1. The third-order valence-electron chi connectivity index (χ3n) is 4.12. The van der Waals surface area contributed by atoms with Gasteiger partial charge in [-0.2, -0.15) is 0 Å². The van der Waals surface area contributed by atoms with Crippen molar-refractivity contribution in [2.45, 2.75) is 49.4 Å². The maximum atomic E-state index is 12.9. The first-order valence-corrected chi connectivity index (χ1v) is 8.80. The fourth-order valence-corrected chi connectivity index (χ4v) is 4.46. The molecule has 1 atom stereocenters. The number of nitrogens with two attached hydrogens (primary N) is 1. The summed E-state index contributed by atoms with van der Waals surface area (Å²) < 4.78 is 12.9. The second kappa shape index (κ2) is 5.52. The van der Waals surface area contributed by atoms with Gasteiger partial charge in [0.15, 0.2) is 9.79 Å². The summed E-state index contributed by atoms with van der Waals surface area (Å²) in [6.07, 6.45) is 0. The summed E-state index contributed by atoms with van der Waals surface area (Å²) >= 11 is -1.18. The number of hydrogen-bond acceptors (Lipinski definition) is 3. The van der Waals surface area contributed by atoms with E-state index in [1.54, 1.807) is 0 Å². The van der Waals surface area contributed by atoms with Gasteiger partial charge >= 0.3 is 0 Å².